The summed E-state index contributed by atoms with van der Waals surface area (Å²) in [5, 5.41) is 3.19. The van der Waals surface area contributed by atoms with Gasteiger partial charge in [-0.25, -0.2) is 0 Å². The number of carbonyl (C=O) groups excluding carboxylic acids is 1. The van der Waals surface area contributed by atoms with Crippen molar-refractivity contribution in [3.8, 4) is 11.5 Å². The van der Waals surface area contributed by atoms with E-state index < -0.39 is 0 Å². The summed E-state index contributed by atoms with van der Waals surface area (Å²) in [4.78, 5) is 13.0. The van der Waals surface area contributed by atoms with Crippen LogP contribution in [0.4, 0.5) is 0 Å². The lowest BCUT2D eigenvalue weighted by atomic mass is 9.94. The minimum absolute atomic E-state index is 0.0829. The molecule has 4 heteroatoms. The Balaban J connectivity index is 1.86. The van der Waals surface area contributed by atoms with Crippen LogP contribution in [0.25, 0.3) is 0 Å². The van der Waals surface area contributed by atoms with Crippen molar-refractivity contribution in [2.45, 2.75) is 45.8 Å². The third kappa shape index (κ3) is 3.41. The number of nitrogens with one attached hydrogen (secondary N) is 1. The molecule has 1 N–H and O–H groups in total. The van der Waals surface area contributed by atoms with Crippen molar-refractivity contribution in [2.24, 2.45) is 5.92 Å². The van der Waals surface area contributed by atoms with Crippen LogP contribution in [0.2, 0.25) is 0 Å². The highest BCUT2D eigenvalue weighted by molar-refractivity contribution is 5.98. The molecule has 4 nitrogen and oxygen atoms in total. The second-order valence-corrected chi connectivity index (χ2v) is 7.30. The van der Waals surface area contributed by atoms with E-state index in [9.17, 15) is 4.79 Å². The molecule has 1 heterocycles. The van der Waals surface area contributed by atoms with E-state index >= 15 is 0 Å². The lowest BCUT2D eigenvalue weighted by Crippen LogP contribution is -2.32. The largest absolute Gasteiger partial charge is 0.497 e. The Morgan fingerprint density at radius 2 is 1.81 bits per heavy atom. The van der Waals surface area contributed by atoms with Crippen LogP contribution in [0.1, 0.15) is 61.1 Å². The number of carbonyl (C=O) groups is 1. The molecule has 0 fully saturated rings. The smallest absolute Gasteiger partial charge is 0.255 e. The van der Waals surface area contributed by atoms with E-state index in [0.29, 0.717) is 11.5 Å². The maximum absolute atomic E-state index is 13.0. The molecule has 0 spiro atoms. The summed E-state index contributed by atoms with van der Waals surface area (Å²) < 4.78 is 11.2. The van der Waals surface area contributed by atoms with Gasteiger partial charge in [0, 0.05) is 11.5 Å². The lowest BCUT2D eigenvalue weighted by Gasteiger charge is -2.23. The first-order valence-corrected chi connectivity index (χ1v) is 9.16. The number of fused-ring (bicyclic) bond motifs is 1. The third-order valence-corrected chi connectivity index (χ3v) is 5.22. The van der Waals surface area contributed by atoms with E-state index in [-0.39, 0.29) is 24.0 Å². The van der Waals surface area contributed by atoms with Crippen molar-refractivity contribution in [2.75, 3.05) is 7.11 Å². The zero-order valence-electron chi connectivity index (χ0n) is 16.1. The molecular weight excluding hydrogens is 326 g/mol. The highest BCUT2D eigenvalue weighted by atomic mass is 16.5. The molecule has 3 rings (SSSR count). The van der Waals surface area contributed by atoms with E-state index in [1.807, 2.05) is 49.4 Å². The lowest BCUT2D eigenvalue weighted by molar-refractivity contribution is 0.0920. The Hall–Kier alpha value is -2.49. The molecular formula is C22H27NO3. The van der Waals surface area contributed by atoms with Gasteiger partial charge in [-0.05, 0) is 36.6 Å². The summed E-state index contributed by atoms with van der Waals surface area (Å²) in [6, 6.07) is 13.6. The molecule has 0 aliphatic carbocycles. The van der Waals surface area contributed by atoms with Crippen molar-refractivity contribution in [3.63, 3.8) is 0 Å². The van der Waals surface area contributed by atoms with Crippen molar-refractivity contribution in [1.82, 2.24) is 5.32 Å². The molecule has 1 aliphatic rings. The summed E-state index contributed by atoms with van der Waals surface area (Å²) in [6.07, 6.45) is 0.0847. The van der Waals surface area contributed by atoms with Crippen LogP contribution in [0.15, 0.2) is 42.5 Å². The van der Waals surface area contributed by atoms with Gasteiger partial charge in [0.05, 0.1) is 18.7 Å². The molecule has 138 valence electrons. The molecule has 0 aromatic heterocycles. The molecule has 2 aromatic rings. The molecule has 1 amide bonds. The Morgan fingerprint density at radius 3 is 2.42 bits per heavy atom. The first kappa shape index (κ1) is 18.3. The molecule has 0 saturated heterocycles. The number of methoxy groups -OCH3 is 1. The van der Waals surface area contributed by atoms with Gasteiger partial charge in [0.2, 0.25) is 0 Å². The first-order valence-electron chi connectivity index (χ1n) is 9.16. The maximum Gasteiger partial charge on any atom is 0.255 e. The Morgan fingerprint density at radius 1 is 1.12 bits per heavy atom. The number of hydrogen-bond donors (Lipinski definition) is 1. The van der Waals surface area contributed by atoms with E-state index in [2.05, 4.69) is 26.1 Å². The normalized spacial score (nSPS) is 19.6. The topological polar surface area (TPSA) is 47.6 Å². The fraction of sp³-hybridized carbons (Fsp3) is 0.409. The average Bonchev–Trinajstić information content (AvgIpc) is 2.93. The minimum Gasteiger partial charge on any atom is -0.497 e. The summed E-state index contributed by atoms with van der Waals surface area (Å²) in [5.41, 5.74) is 2.78. The van der Waals surface area contributed by atoms with Gasteiger partial charge < -0.3 is 14.8 Å². The van der Waals surface area contributed by atoms with Gasteiger partial charge >= 0.3 is 0 Å². The average molecular weight is 353 g/mol. The molecule has 2 aromatic carbocycles. The molecule has 3 atom stereocenters. The van der Waals surface area contributed by atoms with Crippen LogP contribution < -0.4 is 14.8 Å². The quantitative estimate of drug-likeness (QED) is 0.847. The molecule has 26 heavy (non-hydrogen) atoms. The number of benzene rings is 2. The highest BCUT2D eigenvalue weighted by Crippen LogP contribution is 2.40. The van der Waals surface area contributed by atoms with E-state index in [0.717, 1.165) is 22.6 Å². The molecule has 0 saturated carbocycles. The predicted molar refractivity (Wildman–Crippen MR) is 103 cm³/mol. The van der Waals surface area contributed by atoms with Crippen LogP contribution in [-0.4, -0.2) is 19.1 Å². The number of ether oxygens (including phenoxy) is 2. The van der Waals surface area contributed by atoms with Gasteiger partial charge in [-0.15, -0.1) is 0 Å². The van der Waals surface area contributed by atoms with Crippen molar-refractivity contribution < 1.29 is 14.3 Å². The second kappa shape index (κ2) is 7.40. The summed E-state index contributed by atoms with van der Waals surface area (Å²) in [6.45, 7) is 8.38. The monoisotopic (exact) mass is 353 g/mol. The second-order valence-electron chi connectivity index (χ2n) is 7.30. The maximum atomic E-state index is 13.0. The molecule has 0 bridgehead atoms. The standard InChI is InChI=1S/C22H27NO3/c1-13(2)20(16-9-11-17(25-5)12-10-16)23-22(24)19-8-6-7-18-14(3)15(4)26-21(18)19/h6-15,20H,1-5H3,(H,23,24). The van der Waals surface area contributed by atoms with Crippen LogP contribution in [0, 0.1) is 5.92 Å². The van der Waals surface area contributed by atoms with Gasteiger partial charge in [0.25, 0.3) is 5.91 Å². The Kier molecular flexibility index (Phi) is 5.21. The van der Waals surface area contributed by atoms with E-state index in [1.54, 1.807) is 7.11 Å². The number of para-hydroxylation sites is 1. The first-order chi connectivity index (χ1) is 12.4. The zero-order chi connectivity index (χ0) is 18.8. The number of hydrogen-bond acceptors (Lipinski definition) is 3. The predicted octanol–water partition coefficient (Wildman–Crippen LogP) is 4.71. The van der Waals surface area contributed by atoms with Gasteiger partial charge in [0.15, 0.2) is 0 Å². The van der Waals surface area contributed by atoms with Crippen LogP contribution in [0.5, 0.6) is 11.5 Å². The van der Waals surface area contributed by atoms with E-state index in [4.69, 9.17) is 9.47 Å². The molecule has 0 radical (unpaired) electrons. The van der Waals surface area contributed by atoms with Crippen molar-refractivity contribution in [1.29, 1.82) is 0 Å². The van der Waals surface area contributed by atoms with Gasteiger partial charge in [-0.1, -0.05) is 45.0 Å². The number of rotatable bonds is 5. The van der Waals surface area contributed by atoms with Crippen molar-refractivity contribution in [3.05, 3.63) is 59.2 Å². The fourth-order valence-electron chi connectivity index (χ4n) is 3.43. The third-order valence-electron chi connectivity index (χ3n) is 5.22. The summed E-state index contributed by atoms with van der Waals surface area (Å²) >= 11 is 0. The fourth-order valence-corrected chi connectivity index (χ4v) is 3.43. The Bertz CT molecular complexity index is 782. The molecule has 3 unspecified atom stereocenters. The molecule has 1 aliphatic heterocycles. The minimum atomic E-state index is -0.0994. The summed E-state index contributed by atoms with van der Waals surface area (Å²) in [7, 11) is 1.65. The Labute approximate surface area is 155 Å². The van der Waals surface area contributed by atoms with E-state index in [1.165, 1.54) is 0 Å². The van der Waals surface area contributed by atoms with Crippen LogP contribution in [0.3, 0.4) is 0 Å². The van der Waals surface area contributed by atoms with Gasteiger partial charge in [-0.3, -0.25) is 4.79 Å². The number of amides is 1. The SMILES string of the molecule is COc1ccc(C(NC(=O)c2cccc3c2OC(C)C3C)C(C)C)cc1. The summed E-state index contributed by atoms with van der Waals surface area (Å²) in [5.74, 6) is 1.97. The zero-order valence-corrected chi connectivity index (χ0v) is 16.1. The van der Waals surface area contributed by atoms with Crippen LogP contribution in [-0.2, 0) is 0 Å². The van der Waals surface area contributed by atoms with Gasteiger partial charge in [0.1, 0.15) is 17.6 Å². The van der Waals surface area contributed by atoms with Gasteiger partial charge in [-0.2, -0.15) is 0 Å². The van der Waals surface area contributed by atoms with Crippen molar-refractivity contribution >= 4 is 5.91 Å². The highest BCUT2D eigenvalue weighted by Gasteiger charge is 2.31. The van der Waals surface area contributed by atoms with Crippen LogP contribution >= 0.6 is 0 Å².